The molecule has 2 heterocycles. The van der Waals surface area contributed by atoms with Crippen molar-refractivity contribution in [1.82, 2.24) is 25.5 Å². The minimum absolute atomic E-state index is 0.295. The number of aromatic amines is 1. The van der Waals surface area contributed by atoms with Crippen LogP contribution < -0.4 is 0 Å². The molecule has 86 valence electrons. The van der Waals surface area contributed by atoms with Crippen LogP contribution in [0.1, 0.15) is 19.2 Å². The Morgan fingerprint density at radius 3 is 3.25 bits per heavy atom. The number of carbonyl (C=O) groups is 1. The van der Waals surface area contributed by atoms with Gasteiger partial charge in [0.05, 0.1) is 13.2 Å². The van der Waals surface area contributed by atoms with E-state index in [1.54, 1.807) is 11.8 Å². The summed E-state index contributed by atoms with van der Waals surface area (Å²) in [5, 5.41) is 13.7. The summed E-state index contributed by atoms with van der Waals surface area (Å²) in [6, 6.07) is 0. The van der Waals surface area contributed by atoms with E-state index in [-0.39, 0.29) is 6.09 Å². The zero-order valence-electron chi connectivity index (χ0n) is 9.01. The van der Waals surface area contributed by atoms with Crippen LogP contribution in [0.25, 0.3) is 5.57 Å². The molecule has 0 unspecified atom stereocenters. The first kappa shape index (κ1) is 10.6. The van der Waals surface area contributed by atoms with Gasteiger partial charge in [-0.15, -0.1) is 10.2 Å². The first-order valence-electron chi connectivity index (χ1n) is 5.15. The Morgan fingerprint density at radius 1 is 1.69 bits per heavy atom. The molecule has 2 rings (SSSR count). The minimum atomic E-state index is -0.295. The van der Waals surface area contributed by atoms with Gasteiger partial charge >= 0.3 is 6.09 Å². The van der Waals surface area contributed by atoms with Gasteiger partial charge in [0, 0.05) is 12.1 Å². The van der Waals surface area contributed by atoms with E-state index in [9.17, 15) is 4.79 Å². The molecule has 0 radical (unpaired) electrons. The van der Waals surface area contributed by atoms with Crippen LogP contribution in [0.2, 0.25) is 0 Å². The van der Waals surface area contributed by atoms with Crippen molar-refractivity contribution >= 4 is 11.7 Å². The number of tetrazole rings is 1. The van der Waals surface area contributed by atoms with Gasteiger partial charge in [0.25, 0.3) is 0 Å². The molecule has 0 saturated heterocycles. The Bertz CT molecular complexity index is 387. The highest BCUT2D eigenvalue weighted by Gasteiger charge is 2.21. The first-order valence-corrected chi connectivity index (χ1v) is 5.15. The Kier molecular flexibility index (Phi) is 3.13. The molecule has 16 heavy (non-hydrogen) atoms. The van der Waals surface area contributed by atoms with Gasteiger partial charge in [-0.2, -0.15) is 5.21 Å². The van der Waals surface area contributed by atoms with Crippen molar-refractivity contribution in [2.75, 3.05) is 19.7 Å². The van der Waals surface area contributed by atoms with Crippen molar-refractivity contribution in [1.29, 1.82) is 0 Å². The lowest BCUT2D eigenvalue weighted by molar-refractivity contribution is 0.111. The molecule has 1 aromatic rings. The number of carbonyl (C=O) groups excluding carboxylic acids is 1. The number of amides is 1. The highest BCUT2D eigenvalue weighted by Crippen LogP contribution is 2.17. The monoisotopic (exact) mass is 223 g/mol. The quantitative estimate of drug-likeness (QED) is 0.786. The van der Waals surface area contributed by atoms with Gasteiger partial charge in [0.15, 0.2) is 0 Å². The smallest absolute Gasteiger partial charge is 0.410 e. The zero-order chi connectivity index (χ0) is 11.4. The number of nitrogens with one attached hydrogen (secondary N) is 1. The molecule has 0 aromatic carbocycles. The van der Waals surface area contributed by atoms with Gasteiger partial charge in [-0.1, -0.05) is 6.08 Å². The lowest BCUT2D eigenvalue weighted by atomic mass is 10.1. The summed E-state index contributed by atoms with van der Waals surface area (Å²) in [5.74, 6) is 0.536. The van der Waals surface area contributed by atoms with Crippen molar-refractivity contribution in [2.45, 2.75) is 13.3 Å². The van der Waals surface area contributed by atoms with Crippen molar-refractivity contribution in [3.05, 3.63) is 11.9 Å². The SMILES string of the molecule is CCOC(=O)N1CCC=C(c2nn[nH]n2)C1. The van der Waals surface area contributed by atoms with Crippen molar-refractivity contribution in [3.63, 3.8) is 0 Å². The van der Waals surface area contributed by atoms with E-state index in [4.69, 9.17) is 4.74 Å². The number of nitrogens with zero attached hydrogens (tertiary/aromatic N) is 4. The molecule has 0 saturated carbocycles. The molecule has 1 aliphatic rings. The first-order chi connectivity index (χ1) is 7.81. The highest BCUT2D eigenvalue weighted by molar-refractivity contribution is 5.73. The molecular weight excluding hydrogens is 210 g/mol. The summed E-state index contributed by atoms with van der Waals surface area (Å²) in [5.41, 5.74) is 0.896. The Hall–Kier alpha value is -1.92. The van der Waals surface area contributed by atoms with Gasteiger partial charge in [0.1, 0.15) is 0 Å². The molecule has 0 fully saturated rings. The van der Waals surface area contributed by atoms with E-state index in [2.05, 4.69) is 20.6 Å². The van der Waals surface area contributed by atoms with Crippen molar-refractivity contribution < 1.29 is 9.53 Å². The third-order valence-electron chi connectivity index (χ3n) is 2.31. The molecule has 1 amide bonds. The summed E-state index contributed by atoms with van der Waals surface area (Å²) in [7, 11) is 0. The van der Waals surface area contributed by atoms with Crippen molar-refractivity contribution in [2.24, 2.45) is 0 Å². The number of aromatic nitrogens is 4. The predicted octanol–water partition coefficient (Wildman–Crippen LogP) is 0.445. The van der Waals surface area contributed by atoms with E-state index in [0.29, 0.717) is 25.5 Å². The van der Waals surface area contributed by atoms with Crippen LogP contribution in [-0.2, 0) is 4.74 Å². The summed E-state index contributed by atoms with van der Waals surface area (Å²) in [4.78, 5) is 13.2. The average Bonchev–Trinajstić information content (AvgIpc) is 2.83. The fourth-order valence-electron chi connectivity index (χ4n) is 1.57. The predicted molar refractivity (Wildman–Crippen MR) is 55.4 cm³/mol. The summed E-state index contributed by atoms with van der Waals surface area (Å²) in [6.07, 6.45) is 2.50. The van der Waals surface area contributed by atoms with Crippen LogP contribution in [0.3, 0.4) is 0 Å². The zero-order valence-corrected chi connectivity index (χ0v) is 9.01. The average molecular weight is 223 g/mol. The topological polar surface area (TPSA) is 84.0 Å². The van der Waals surface area contributed by atoms with Crippen LogP contribution in [-0.4, -0.2) is 51.3 Å². The fourth-order valence-corrected chi connectivity index (χ4v) is 1.57. The summed E-state index contributed by atoms with van der Waals surface area (Å²) >= 11 is 0. The van der Waals surface area contributed by atoms with Gasteiger partial charge < -0.3 is 9.64 Å². The molecule has 1 aliphatic heterocycles. The summed E-state index contributed by atoms with van der Waals surface area (Å²) < 4.78 is 4.94. The normalized spacial score (nSPS) is 15.8. The second-order valence-electron chi connectivity index (χ2n) is 3.37. The largest absolute Gasteiger partial charge is 0.450 e. The second kappa shape index (κ2) is 4.73. The Balaban J connectivity index is 2.03. The maximum atomic E-state index is 11.5. The maximum absolute atomic E-state index is 11.5. The number of ether oxygens (including phenoxy) is 1. The van der Waals surface area contributed by atoms with E-state index in [0.717, 1.165) is 12.0 Å². The minimum Gasteiger partial charge on any atom is -0.450 e. The molecule has 1 aromatic heterocycles. The Labute approximate surface area is 92.5 Å². The molecule has 7 heteroatoms. The van der Waals surface area contributed by atoms with Gasteiger partial charge in [-0.3, -0.25) is 0 Å². The van der Waals surface area contributed by atoms with E-state index in [1.165, 1.54) is 0 Å². The van der Waals surface area contributed by atoms with Gasteiger partial charge in [-0.05, 0) is 18.6 Å². The second-order valence-corrected chi connectivity index (χ2v) is 3.37. The molecular formula is C9H13N5O2. The molecule has 0 aliphatic carbocycles. The molecule has 0 atom stereocenters. The third-order valence-corrected chi connectivity index (χ3v) is 2.31. The third kappa shape index (κ3) is 2.18. The van der Waals surface area contributed by atoms with Crippen LogP contribution >= 0.6 is 0 Å². The van der Waals surface area contributed by atoms with Gasteiger partial charge in [-0.25, -0.2) is 4.79 Å². The fraction of sp³-hybridized carbons (Fsp3) is 0.556. The van der Waals surface area contributed by atoms with Crippen LogP contribution in [0, 0.1) is 0 Å². The van der Waals surface area contributed by atoms with Crippen LogP contribution in [0.4, 0.5) is 4.79 Å². The molecule has 0 spiro atoms. The molecule has 1 N–H and O–H groups in total. The number of hydrogen-bond donors (Lipinski definition) is 1. The Morgan fingerprint density at radius 2 is 2.56 bits per heavy atom. The summed E-state index contributed by atoms with van der Waals surface area (Å²) in [6.45, 7) is 3.31. The highest BCUT2D eigenvalue weighted by atomic mass is 16.6. The van der Waals surface area contributed by atoms with E-state index >= 15 is 0 Å². The van der Waals surface area contributed by atoms with E-state index in [1.807, 2.05) is 6.08 Å². The lowest BCUT2D eigenvalue weighted by Crippen LogP contribution is -2.36. The van der Waals surface area contributed by atoms with E-state index < -0.39 is 0 Å². The van der Waals surface area contributed by atoms with Gasteiger partial charge in [0.2, 0.25) is 5.82 Å². The standard InChI is InChI=1S/C9H13N5O2/c1-2-16-9(15)14-5-3-4-7(6-14)8-10-12-13-11-8/h4H,2-3,5-6H2,1H3,(H,10,11,12,13). The van der Waals surface area contributed by atoms with Crippen molar-refractivity contribution in [3.8, 4) is 0 Å². The lowest BCUT2D eigenvalue weighted by Gasteiger charge is -2.25. The number of hydrogen-bond acceptors (Lipinski definition) is 5. The van der Waals surface area contributed by atoms with Crippen LogP contribution in [0.5, 0.6) is 0 Å². The molecule has 0 bridgehead atoms. The number of rotatable bonds is 2. The molecule has 7 nitrogen and oxygen atoms in total. The number of H-pyrrole nitrogens is 1. The maximum Gasteiger partial charge on any atom is 0.410 e. The van der Waals surface area contributed by atoms with Crippen LogP contribution in [0.15, 0.2) is 6.08 Å².